The Bertz CT molecular complexity index is 169. The number of hydrogen-bond acceptors (Lipinski definition) is 2. The molecule has 0 spiro atoms. The summed E-state index contributed by atoms with van der Waals surface area (Å²) in [7, 11) is 0. The summed E-state index contributed by atoms with van der Waals surface area (Å²) in [5.41, 5.74) is 1.12. The molecule has 0 N–H and O–H groups in total. The second-order valence-corrected chi connectivity index (χ2v) is 2.17. The van der Waals surface area contributed by atoms with Crippen LogP contribution in [0.5, 0.6) is 0 Å². The van der Waals surface area contributed by atoms with Gasteiger partial charge < -0.3 is 9.47 Å². The molecule has 1 rings (SSSR count). The second-order valence-electron chi connectivity index (χ2n) is 2.17. The van der Waals surface area contributed by atoms with Crippen molar-refractivity contribution < 1.29 is 9.47 Å². The van der Waals surface area contributed by atoms with Crippen molar-refractivity contribution in [2.45, 2.75) is 27.7 Å². The fraction of sp³-hybridized carbons (Fsp3) is 0.600. The van der Waals surface area contributed by atoms with Gasteiger partial charge in [0.1, 0.15) is 19.5 Å². The highest BCUT2D eigenvalue weighted by Crippen LogP contribution is 2.13. The molecule has 1 heterocycles. The molecule has 70 valence electrons. The van der Waals surface area contributed by atoms with Crippen LogP contribution in [0.1, 0.15) is 27.7 Å². The Morgan fingerprint density at radius 2 is 2.08 bits per heavy atom. The van der Waals surface area contributed by atoms with E-state index in [-0.39, 0.29) is 0 Å². The predicted octanol–water partition coefficient (Wildman–Crippen LogP) is 2.87. The van der Waals surface area contributed by atoms with Crippen LogP contribution in [-0.2, 0) is 9.47 Å². The Kier molecular flexibility index (Phi) is 6.25. The molecule has 0 saturated heterocycles. The van der Waals surface area contributed by atoms with Crippen molar-refractivity contribution in [1.29, 1.82) is 0 Å². The molecule has 0 atom stereocenters. The summed E-state index contributed by atoms with van der Waals surface area (Å²) < 4.78 is 10.4. The minimum absolute atomic E-state index is 0.664. The van der Waals surface area contributed by atoms with Gasteiger partial charge in [-0.2, -0.15) is 0 Å². The lowest BCUT2D eigenvalue weighted by Crippen LogP contribution is -2.08. The molecule has 1 aliphatic rings. The molecule has 0 aromatic heterocycles. The minimum Gasteiger partial charge on any atom is -0.494 e. The van der Waals surface area contributed by atoms with E-state index in [1.165, 1.54) is 0 Å². The Morgan fingerprint density at radius 3 is 2.50 bits per heavy atom. The number of ether oxygens (including phenoxy) is 2. The van der Waals surface area contributed by atoms with E-state index in [1.807, 2.05) is 33.8 Å². The summed E-state index contributed by atoms with van der Waals surface area (Å²) in [6.07, 6.45) is 3.67. The first-order valence-electron chi connectivity index (χ1n) is 4.42. The fourth-order valence-electron chi connectivity index (χ4n) is 0.717. The van der Waals surface area contributed by atoms with Crippen LogP contribution >= 0.6 is 0 Å². The monoisotopic (exact) mass is 170 g/mol. The van der Waals surface area contributed by atoms with Crippen molar-refractivity contribution in [2.75, 3.05) is 13.2 Å². The molecule has 0 fully saturated rings. The van der Waals surface area contributed by atoms with Crippen LogP contribution < -0.4 is 0 Å². The van der Waals surface area contributed by atoms with Crippen molar-refractivity contribution in [3.8, 4) is 0 Å². The van der Waals surface area contributed by atoms with Gasteiger partial charge in [-0.25, -0.2) is 0 Å². The summed E-state index contributed by atoms with van der Waals surface area (Å²) in [5, 5.41) is 0. The fourth-order valence-corrected chi connectivity index (χ4v) is 0.717. The van der Waals surface area contributed by atoms with Crippen LogP contribution in [0.3, 0.4) is 0 Å². The van der Waals surface area contributed by atoms with E-state index in [4.69, 9.17) is 9.47 Å². The van der Waals surface area contributed by atoms with Gasteiger partial charge in [0.2, 0.25) is 0 Å². The summed E-state index contributed by atoms with van der Waals surface area (Å²) in [6, 6.07) is 0. The third kappa shape index (κ3) is 3.46. The molecule has 2 nitrogen and oxygen atoms in total. The van der Waals surface area contributed by atoms with Gasteiger partial charge in [0, 0.05) is 0 Å². The predicted molar refractivity (Wildman–Crippen MR) is 50.8 cm³/mol. The van der Waals surface area contributed by atoms with Gasteiger partial charge >= 0.3 is 0 Å². The Hall–Kier alpha value is -0.920. The lowest BCUT2D eigenvalue weighted by atomic mass is 10.2. The summed E-state index contributed by atoms with van der Waals surface area (Å²) in [4.78, 5) is 0. The number of rotatable bonds is 1. The van der Waals surface area contributed by atoms with Crippen molar-refractivity contribution in [3.05, 3.63) is 23.7 Å². The van der Waals surface area contributed by atoms with Crippen LogP contribution in [0.25, 0.3) is 0 Å². The van der Waals surface area contributed by atoms with E-state index in [9.17, 15) is 0 Å². The smallest absolute Gasteiger partial charge is 0.156 e. The maximum atomic E-state index is 5.30. The van der Waals surface area contributed by atoms with Crippen LogP contribution in [0, 0.1) is 0 Å². The van der Waals surface area contributed by atoms with E-state index < -0.39 is 0 Å². The van der Waals surface area contributed by atoms with Gasteiger partial charge in [-0.15, -0.1) is 0 Å². The van der Waals surface area contributed by atoms with Gasteiger partial charge in [-0.3, -0.25) is 0 Å². The Labute approximate surface area is 74.9 Å². The quantitative estimate of drug-likeness (QED) is 0.602. The van der Waals surface area contributed by atoms with Gasteiger partial charge in [-0.05, 0) is 19.4 Å². The SMILES string of the molecule is C/C=C(\C)C1=COCCO1.CC. The third-order valence-corrected chi connectivity index (χ3v) is 1.47. The van der Waals surface area contributed by atoms with Crippen LogP contribution in [0.15, 0.2) is 23.7 Å². The van der Waals surface area contributed by atoms with E-state index >= 15 is 0 Å². The first-order chi connectivity index (χ1) is 5.84. The van der Waals surface area contributed by atoms with Crippen molar-refractivity contribution in [2.24, 2.45) is 0 Å². The maximum absolute atomic E-state index is 5.30. The third-order valence-electron chi connectivity index (χ3n) is 1.47. The van der Waals surface area contributed by atoms with Gasteiger partial charge in [-0.1, -0.05) is 19.9 Å². The molecule has 0 amide bonds. The molecule has 2 heteroatoms. The second kappa shape index (κ2) is 6.77. The van der Waals surface area contributed by atoms with E-state index in [0.29, 0.717) is 13.2 Å². The largest absolute Gasteiger partial charge is 0.494 e. The molecule has 1 aliphatic heterocycles. The molecule has 0 bridgehead atoms. The van der Waals surface area contributed by atoms with Crippen molar-refractivity contribution >= 4 is 0 Å². The number of allylic oxidation sites excluding steroid dienone is 2. The zero-order valence-corrected chi connectivity index (χ0v) is 8.39. The Morgan fingerprint density at radius 1 is 1.42 bits per heavy atom. The summed E-state index contributed by atoms with van der Waals surface area (Å²) in [5.74, 6) is 0.855. The van der Waals surface area contributed by atoms with Gasteiger partial charge in [0.25, 0.3) is 0 Å². The molecular formula is C10H18O2. The van der Waals surface area contributed by atoms with E-state index in [1.54, 1.807) is 6.26 Å². The highest BCUT2D eigenvalue weighted by Gasteiger charge is 2.04. The van der Waals surface area contributed by atoms with Crippen molar-refractivity contribution in [1.82, 2.24) is 0 Å². The summed E-state index contributed by atoms with van der Waals surface area (Å²) in [6.45, 7) is 9.31. The molecule has 0 aromatic rings. The molecule has 0 aliphatic carbocycles. The van der Waals surface area contributed by atoms with Gasteiger partial charge in [0.15, 0.2) is 5.76 Å². The Balaban J connectivity index is 0.000000561. The molecule has 0 saturated carbocycles. The lowest BCUT2D eigenvalue weighted by molar-refractivity contribution is 0.0894. The molecule has 0 aromatic carbocycles. The molecule has 12 heavy (non-hydrogen) atoms. The van der Waals surface area contributed by atoms with Crippen molar-refractivity contribution in [3.63, 3.8) is 0 Å². The molecule has 0 unspecified atom stereocenters. The normalized spacial score (nSPS) is 16.3. The maximum Gasteiger partial charge on any atom is 0.156 e. The molecular weight excluding hydrogens is 152 g/mol. The highest BCUT2D eigenvalue weighted by atomic mass is 16.6. The number of hydrogen-bond donors (Lipinski definition) is 0. The zero-order chi connectivity index (χ0) is 9.40. The van der Waals surface area contributed by atoms with E-state index in [2.05, 4.69) is 0 Å². The van der Waals surface area contributed by atoms with Crippen LogP contribution in [-0.4, -0.2) is 13.2 Å². The first-order valence-corrected chi connectivity index (χ1v) is 4.42. The highest BCUT2D eigenvalue weighted by molar-refractivity contribution is 5.21. The topological polar surface area (TPSA) is 18.5 Å². The van der Waals surface area contributed by atoms with Crippen LogP contribution in [0.2, 0.25) is 0 Å². The average molecular weight is 170 g/mol. The minimum atomic E-state index is 0.664. The van der Waals surface area contributed by atoms with Gasteiger partial charge in [0.05, 0.1) is 0 Å². The zero-order valence-electron chi connectivity index (χ0n) is 8.39. The van der Waals surface area contributed by atoms with E-state index in [0.717, 1.165) is 11.3 Å². The standard InChI is InChI=1S/C8H12O2.C2H6/c1-3-7(2)8-6-9-4-5-10-8;1-2/h3,6H,4-5H2,1-2H3;1-2H3/b7-3+;. The average Bonchev–Trinajstić information content (AvgIpc) is 2.21. The lowest BCUT2D eigenvalue weighted by Gasteiger charge is -2.15. The summed E-state index contributed by atoms with van der Waals surface area (Å²) >= 11 is 0. The first kappa shape index (κ1) is 11.1. The van der Waals surface area contributed by atoms with Crippen LogP contribution in [0.4, 0.5) is 0 Å². The molecule has 0 radical (unpaired) electrons.